The monoisotopic (exact) mass is 254 g/mol. The fourth-order valence-corrected chi connectivity index (χ4v) is 3.06. The van der Waals surface area contributed by atoms with Gasteiger partial charge in [0, 0.05) is 25.6 Å². The highest BCUT2D eigenvalue weighted by molar-refractivity contribution is 5.76. The average molecular weight is 254 g/mol. The molecular weight excluding hydrogens is 228 g/mol. The lowest BCUT2D eigenvalue weighted by molar-refractivity contribution is -0.123. The van der Waals surface area contributed by atoms with Crippen LogP contribution in [0.2, 0.25) is 0 Å². The molecule has 1 amide bonds. The molecule has 1 saturated heterocycles. The molecule has 18 heavy (non-hydrogen) atoms. The lowest BCUT2D eigenvalue weighted by Gasteiger charge is -2.29. The third-order valence-electron chi connectivity index (χ3n) is 4.38. The second kappa shape index (κ2) is 6.02. The number of nitrogens with two attached hydrogens (primary N) is 1. The molecule has 1 heterocycles. The molecule has 1 saturated carbocycles. The summed E-state index contributed by atoms with van der Waals surface area (Å²) < 4.78 is 5.66. The van der Waals surface area contributed by atoms with E-state index in [0.29, 0.717) is 18.9 Å². The average Bonchev–Trinajstić information content (AvgIpc) is 2.77. The first-order valence-electron chi connectivity index (χ1n) is 7.25. The van der Waals surface area contributed by atoms with Crippen molar-refractivity contribution in [1.29, 1.82) is 0 Å². The van der Waals surface area contributed by atoms with E-state index in [0.717, 1.165) is 32.3 Å². The van der Waals surface area contributed by atoms with Crippen LogP contribution in [0, 0.1) is 5.92 Å². The lowest BCUT2D eigenvalue weighted by Crippen LogP contribution is -2.42. The number of hydrogen-bond donors (Lipinski definition) is 2. The molecule has 0 spiro atoms. The highest BCUT2D eigenvalue weighted by Crippen LogP contribution is 2.26. The predicted octanol–water partition coefficient (Wildman–Crippen LogP) is 1.58. The highest BCUT2D eigenvalue weighted by atomic mass is 16.5. The van der Waals surface area contributed by atoms with E-state index in [1.165, 1.54) is 12.8 Å². The van der Waals surface area contributed by atoms with Crippen LogP contribution in [0.4, 0.5) is 0 Å². The summed E-state index contributed by atoms with van der Waals surface area (Å²) in [5, 5.41) is 3.01. The Morgan fingerprint density at radius 2 is 2.17 bits per heavy atom. The number of hydrogen-bond acceptors (Lipinski definition) is 3. The number of rotatable bonds is 4. The first kappa shape index (κ1) is 13.8. The molecular formula is C14H26N2O2. The van der Waals surface area contributed by atoms with Crippen molar-refractivity contribution in [1.82, 2.24) is 5.32 Å². The van der Waals surface area contributed by atoms with Gasteiger partial charge in [0.2, 0.25) is 5.91 Å². The number of ether oxygens (including phenoxy) is 1. The second-order valence-electron chi connectivity index (χ2n) is 6.09. The largest absolute Gasteiger partial charge is 0.373 e. The van der Waals surface area contributed by atoms with Gasteiger partial charge in [0.05, 0.1) is 5.60 Å². The predicted molar refractivity (Wildman–Crippen MR) is 71.2 cm³/mol. The zero-order valence-corrected chi connectivity index (χ0v) is 11.4. The molecule has 1 aliphatic heterocycles. The van der Waals surface area contributed by atoms with Gasteiger partial charge in [-0.1, -0.05) is 12.8 Å². The Balaban J connectivity index is 1.71. The Labute approximate surface area is 110 Å². The van der Waals surface area contributed by atoms with Crippen LogP contribution in [-0.2, 0) is 9.53 Å². The van der Waals surface area contributed by atoms with Gasteiger partial charge in [0.1, 0.15) is 0 Å². The zero-order valence-electron chi connectivity index (χ0n) is 11.4. The molecule has 2 fully saturated rings. The standard InChI is InChI=1S/C14H26N2O2/c1-14(7-4-8-18-14)10-16-13(17)9-11-5-2-3-6-12(11)15/h11-12H,2-10,15H2,1H3,(H,16,17). The number of carbonyl (C=O) groups is 1. The van der Waals surface area contributed by atoms with Crippen LogP contribution in [0.1, 0.15) is 51.9 Å². The lowest BCUT2D eigenvalue weighted by atomic mass is 9.83. The molecule has 1 aliphatic carbocycles. The first-order chi connectivity index (χ1) is 8.59. The Bertz CT molecular complexity index is 288. The minimum Gasteiger partial charge on any atom is -0.373 e. The maximum absolute atomic E-state index is 11.9. The van der Waals surface area contributed by atoms with Crippen molar-refractivity contribution >= 4 is 5.91 Å². The van der Waals surface area contributed by atoms with E-state index < -0.39 is 0 Å². The van der Waals surface area contributed by atoms with Crippen molar-refractivity contribution in [2.24, 2.45) is 11.7 Å². The van der Waals surface area contributed by atoms with Crippen molar-refractivity contribution < 1.29 is 9.53 Å². The van der Waals surface area contributed by atoms with Gasteiger partial charge in [-0.3, -0.25) is 4.79 Å². The van der Waals surface area contributed by atoms with E-state index >= 15 is 0 Å². The third-order valence-corrected chi connectivity index (χ3v) is 4.38. The van der Waals surface area contributed by atoms with Crippen LogP contribution in [0.3, 0.4) is 0 Å². The van der Waals surface area contributed by atoms with Crippen LogP contribution in [0.15, 0.2) is 0 Å². The van der Waals surface area contributed by atoms with Gasteiger partial charge in [0.25, 0.3) is 0 Å². The Hall–Kier alpha value is -0.610. The SMILES string of the molecule is CC1(CNC(=O)CC2CCCCC2N)CCCO1. The van der Waals surface area contributed by atoms with Crippen molar-refractivity contribution in [3.05, 3.63) is 0 Å². The molecule has 0 aromatic rings. The van der Waals surface area contributed by atoms with Crippen molar-refractivity contribution in [2.75, 3.05) is 13.2 Å². The zero-order chi connectivity index (χ0) is 13.0. The quantitative estimate of drug-likeness (QED) is 0.800. The summed E-state index contributed by atoms with van der Waals surface area (Å²) in [6.07, 6.45) is 7.31. The summed E-state index contributed by atoms with van der Waals surface area (Å²) in [5.74, 6) is 0.505. The molecule has 3 atom stereocenters. The number of carbonyl (C=O) groups excluding carboxylic acids is 1. The van der Waals surface area contributed by atoms with Crippen LogP contribution < -0.4 is 11.1 Å². The van der Waals surface area contributed by atoms with Crippen LogP contribution >= 0.6 is 0 Å². The maximum Gasteiger partial charge on any atom is 0.220 e. The van der Waals surface area contributed by atoms with Gasteiger partial charge in [-0.15, -0.1) is 0 Å². The molecule has 0 bridgehead atoms. The van der Waals surface area contributed by atoms with E-state index in [4.69, 9.17) is 10.5 Å². The van der Waals surface area contributed by atoms with Crippen molar-refractivity contribution in [2.45, 2.75) is 63.5 Å². The van der Waals surface area contributed by atoms with Gasteiger partial charge < -0.3 is 15.8 Å². The Morgan fingerprint density at radius 3 is 2.83 bits per heavy atom. The van der Waals surface area contributed by atoms with E-state index in [-0.39, 0.29) is 17.6 Å². The fraction of sp³-hybridized carbons (Fsp3) is 0.929. The molecule has 0 radical (unpaired) electrons. The maximum atomic E-state index is 11.9. The van der Waals surface area contributed by atoms with Crippen LogP contribution in [-0.4, -0.2) is 30.7 Å². The minimum absolute atomic E-state index is 0.133. The number of amides is 1. The number of nitrogens with one attached hydrogen (secondary N) is 1. The van der Waals surface area contributed by atoms with Crippen molar-refractivity contribution in [3.63, 3.8) is 0 Å². The summed E-state index contributed by atoms with van der Waals surface area (Å²) >= 11 is 0. The molecule has 2 rings (SSSR count). The van der Waals surface area contributed by atoms with E-state index in [1.54, 1.807) is 0 Å². The molecule has 3 unspecified atom stereocenters. The molecule has 0 aromatic carbocycles. The minimum atomic E-state index is -0.148. The van der Waals surface area contributed by atoms with Gasteiger partial charge in [-0.2, -0.15) is 0 Å². The molecule has 104 valence electrons. The summed E-state index contributed by atoms with van der Waals surface area (Å²) in [7, 11) is 0. The smallest absolute Gasteiger partial charge is 0.220 e. The van der Waals surface area contributed by atoms with E-state index in [9.17, 15) is 4.79 Å². The topological polar surface area (TPSA) is 64.4 Å². The summed E-state index contributed by atoms with van der Waals surface area (Å²) in [6, 6.07) is 0.211. The van der Waals surface area contributed by atoms with E-state index in [2.05, 4.69) is 12.2 Å². The van der Waals surface area contributed by atoms with Gasteiger partial charge in [-0.05, 0) is 38.5 Å². The van der Waals surface area contributed by atoms with Crippen LogP contribution in [0.5, 0.6) is 0 Å². The van der Waals surface area contributed by atoms with Crippen LogP contribution in [0.25, 0.3) is 0 Å². The van der Waals surface area contributed by atoms with Gasteiger partial charge >= 0.3 is 0 Å². The third kappa shape index (κ3) is 3.69. The normalized spacial score (nSPS) is 36.6. The molecule has 0 aromatic heterocycles. The molecule has 2 aliphatic rings. The molecule has 3 N–H and O–H groups in total. The summed E-state index contributed by atoms with van der Waals surface area (Å²) in [4.78, 5) is 11.9. The van der Waals surface area contributed by atoms with Gasteiger partial charge in [-0.25, -0.2) is 0 Å². The van der Waals surface area contributed by atoms with Crippen molar-refractivity contribution in [3.8, 4) is 0 Å². The Kier molecular flexibility index (Phi) is 4.62. The summed E-state index contributed by atoms with van der Waals surface area (Å²) in [6.45, 7) is 3.53. The second-order valence-corrected chi connectivity index (χ2v) is 6.09. The fourth-order valence-electron chi connectivity index (χ4n) is 3.06. The summed E-state index contributed by atoms with van der Waals surface area (Å²) in [5.41, 5.74) is 5.92. The molecule has 4 heteroatoms. The Morgan fingerprint density at radius 1 is 1.39 bits per heavy atom. The van der Waals surface area contributed by atoms with Gasteiger partial charge in [0.15, 0.2) is 0 Å². The van der Waals surface area contributed by atoms with E-state index in [1.807, 2.05) is 0 Å². The first-order valence-corrected chi connectivity index (χ1v) is 7.25. The molecule has 4 nitrogen and oxygen atoms in total. The highest BCUT2D eigenvalue weighted by Gasteiger charge is 2.31.